The summed E-state index contributed by atoms with van der Waals surface area (Å²) < 4.78 is 37.7. The molecule has 0 aromatic carbocycles. The topological polar surface area (TPSA) is 33.1 Å². The average Bonchev–Trinajstić information content (AvgIpc) is 2.15. The van der Waals surface area contributed by atoms with Crippen LogP contribution in [-0.2, 0) is 6.18 Å². The summed E-state index contributed by atoms with van der Waals surface area (Å²) in [5, 5.41) is 9.26. The van der Waals surface area contributed by atoms with Gasteiger partial charge in [0.05, 0.1) is 17.4 Å². The van der Waals surface area contributed by atoms with E-state index < -0.39 is 23.8 Å². The highest BCUT2D eigenvalue weighted by Gasteiger charge is 2.35. The Morgan fingerprint density at radius 2 is 1.93 bits per heavy atom. The maximum atomic E-state index is 12.6. The Bertz CT molecular complexity index is 336. The molecular formula is C10H12F3NO. The van der Waals surface area contributed by atoms with Gasteiger partial charge in [0.25, 0.3) is 0 Å². The molecular weight excluding hydrogens is 207 g/mol. The maximum absolute atomic E-state index is 12.6. The minimum atomic E-state index is -4.42. The second-order valence-electron chi connectivity index (χ2n) is 3.46. The summed E-state index contributed by atoms with van der Waals surface area (Å²) in [6, 6.07) is 2.21. The van der Waals surface area contributed by atoms with Crippen molar-refractivity contribution in [2.24, 2.45) is 0 Å². The molecule has 0 aliphatic rings. The van der Waals surface area contributed by atoms with Crippen LogP contribution in [0.3, 0.4) is 0 Å². The molecule has 0 saturated carbocycles. The van der Waals surface area contributed by atoms with Crippen LogP contribution in [0.2, 0.25) is 0 Å². The van der Waals surface area contributed by atoms with Crippen molar-refractivity contribution in [1.29, 1.82) is 0 Å². The van der Waals surface area contributed by atoms with E-state index in [9.17, 15) is 18.3 Å². The molecule has 0 bridgehead atoms. The fraction of sp³-hybridized carbons (Fsp3) is 0.500. The van der Waals surface area contributed by atoms with Gasteiger partial charge in [-0.15, -0.1) is 0 Å². The zero-order valence-electron chi connectivity index (χ0n) is 8.42. The van der Waals surface area contributed by atoms with E-state index in [0.29, 0.717) is 0 Å². The summed E-state index contributed by atoms with van der Waals surface area (Å²) in [7, 11) is 0. The normalized spacial score (nSPS) is 16.1. The number of nitrogens with zero attached hydrogens (tertiary/aromatic N) is 1. The SMILES string of the molecule is CC(O)C(C)c1ncccc1C(F)(F)F. The van der Waals surface area contributed by atoms with Gasteiger partial charge in [-0.3, -0.25) is 4.98 Å². The molecule has 1 heterocycles. The Balaban J connectivity index is 3.18. The van der Waals surface area contributed by atoms with E-state index in [0.717, 1.165) is 6.07 Å². The van der Waals surface area contributed by atoms with Crippen LogP contribution in [0.1, 0.15) is 31.0 Å². The third-order valence-electron chi connectivity index (χ3n) is 2.30. The minimum absolute atomic E-state index is 0.111. The Morgan fingerprint density at radius 3 is 2.40 bits per heavy atom. The lowest BCUT2D eigenvalue weighted by Gasteiger charge is -2.18. The molecule has 1 aromatic rings. The van der Waals surface area contributed by atoms with Crippen LogP contribution in [0.15, 0.2) is 18.3 Å². The highest BCUT2D eigenvalue weighted by molar-refractivity contribution is 5.26. The van der Waals surface area contributed by atoms with Crippen molar-refractivity contribution in [3.63, 3.8) is 0 Å². The standard InChI is InChI=1S/C10H12F3NO/c1-6(7(2)15)9-8(10(11,12)13)4-3-5-14-9/h3-7,15H,1-2H3. The number of aliphatic hydroxyl groups excluding tert-OH is 1. The summed E-state index contributed by atoms with van der Waals surface area (Å²) in [5.74, 6) is -0.636. The van der Waals surface area contributed by atoms with E-state index in [4.69, 9.17) is 0 Å². The third kappa shape index (κ3) is 2.68. The van der Waals surface area contributed by atoms with Crippen molar-refractivity contribution in [1.82, 2.24) is 4.98 Å². The first-order valence-electron chi connectivity index (χ1n) is 4.54. The highest BCUT2D eigenvalue weighted by atomic mass is 19.4. The van der Waals surface area contributed by atoms with Gasteiger partial charge in [-0.2, -0.15) is 13.2 Å². The number of hydrogen-bond acceptors (Lipinski definition) is 2. The zero-order valence-corrected chi connectivity index (χ0v) is 8.42. The molecule has 0 fully saturated rings. The van der Waals surface area contributed by atoms with E-state index in [1.807, 2.05) is 0 Å². The van der Waals surface area contributed by atoms with Crippen molar-refractivity contribution in [3.8, 4) is 0 Å². The molecule has 0 spiro atoms. The fourth-order valence-electron chi connectivity index (χ4n) is 1.25. The smallest absolute Gasteiger partial charge is 0.393 e. The summed E-state index contributed by atoms with van der Waals surface area (Å²) in [4.78, 5) is 3.69. The van der Waals surface area contributed by atoms with Crippen molar-refractivity contribution < 1.29 is 18.3 Å². The number of rotatable bonds is 2. The van der Waals surface area contributed by atoms with Crippen LogP contribution in [0.5, 0.6) is 0 Å². The third-order valence-corrected chi connectivity index (χ3v) is 2.30. The molecule has 2 nitrogen and oxygen atoms in total. The Hall–Kier alpha value is -1.10. The Kier molecular flexibility index (Phi) is 3.34. The predicted molar refractivity (Wildman–Crippen MR) is 49.3 cm³/mol. The van der Waals surface area contributed by atoms with Gasteiger partial charge in [0.15, 0.2) is 0 Å². The van der Waals surface area contributed by atoms with E-state index in [-0.39, 0.29) is 5.69 Å². The van der Waals surface area contributed by atoms with Crippen molar-refractivity contribution >= 4 is 0 Å². The van der Waals surface area contributed by atoms with Gasteiger partial charge in [0.1, 0.15) is 0 Å². The number of pyridine rings is 1. The number of hydrogen-bond donors (Lipinski definition) is 1. The van der Waals surface area contributed by atoms with Gasteiger partial charge in [-0.25, -0.2) is 0 Å². The highest BCUT2D eigenvalue weighted by Crippen LogP contribution is 2.34. The van der Waals surface area contributed by atoms with E-state index in [1.165, 1.54) is 26.1 Å². The lowest BCUT2D eigenvalue weighted by molar-refractivity contribution is -0.138. The molecule has 1 N–H and O–H groups in total. The molecule has 2 unspecified atom stereocenters. The zero-order chi connectivity index (χ0) is 11.6. The summed E-state index contributed by atoms with van der Waals surface area (Å²) >= 11 is 0. The largest absolute Gasteiger partial charge is 0.418 e. The number of alkyl halides is 3. The van der Waals surface area contributed by atoms with Crippen LogP contribution in [0, 0.1) is 0 Å². The number of aliphatic hydroxyl groups is 1. The molecule has 84 valence electrons. The molecule has 2 atom stereocenters. The second-order valence-corrected chi connectivity index (χ2v) is 3.46. The summed E-state index contributed by atoms with van der Waals surface area (Å²) in [6.07, 6.45) is -3.99. The van der Waals surface area contributed by atoms with Crippen molar-refractivity contribution in [2.45, 2.75) is 32.0 Å². The summed E-state index contributed by atoms with van der Waals surface area (Å²) in [5.41, 5.74) is -0.890. The van der Waals surface area contributed by atoms with Gasteiger partial charge >= 0.3 is 6.18 Å². The van der Waals surface area contributed by atoms with Crippen LogP contribution >= 0.6 is 0 Å². The van der Waals surface area contributed by atoms with Crippen molar-refractivity contribution in [2.75, 3.05) is 0 Å². The van der Waals surface area contributed by atoms with Gasteiger partial charge < -0.3 is 5.11 Å². The van der Waals surface area contributed by atoms with Gasteiger partial charge in [-0.1, -0.05) is 6.92 Å². The molecule has 0 aliphatic heterocycles. The molecule has 0 radical (unpaired) electrons. The first-order valence-corrected chi connectivity index (χ1v) is 4.54. The Labute approximate surface area is 85.8 Å². The molecule has 1 rings (SSSR count). The Morgan fingerprint density at radius 1 is 1.33 bits per heavy atom. The average molecular weight is 219 g/mol. The lowest BCUT2D eigenvalue weighted by atomic mass is 9.97. The van der Waals surface area contributed by atoms with E-state index in [1.54, 1.807) is 0 Å². The van der Waals surface area contributed by atoms with Gasteiger partial charge in [0, 0.05) is 12.1 Å². The van der Waals surface area contributed by atoms with Gasteiger partial charge in [-0.05, 0) is 19.1 Å². The monoisotopic (exact) mass is 219 g/mol. The molecule has 0 amide bonds. The predicted octanol–water partition coefficient (Wildman–Crippen LogP) is 2.58. The van der Waals surface area contributed by atoms with E-state index >= 15 is 0 Å². The van der Waals surface area contributed by atoms with Crippen LogP contribution in [0.4, 0.5) is 13.2 Å². The maximum Gasteiger partial charge on any atom is 0.418 e. The first-order chi connectivity index (χ1) is 6.84. The number of halogens is 3. The summed E-state index contributed by atoms with van der Waals surface area (Å²) in [6.45, 7) is 2.96. The quantitative estimate of drug-likeness (QED) is 0.829. The number of aromatic nitrogens is 1. The molecule has 15 heavy (non-hydrogen) atoms. The van der Waals surface area contributed by atoms with Crippen LogP contribution in [0.25, 0.3) is 0 Å². The molecule has 0 saturated heterocycles. The fourth-order valence-corrected chi connectivity index (χ4v) is 1.25. The van der Waals surface area contributed by atoms with Gasteiger partial charge in [0.2, 0.25) is 0 Å². The lowest BCUT2D eigenvalue weighted by Crippen LogP contribution is -2.18. The minimum Gasteiger partial charge on any atom is -0.393 e. The molecule has 5 heteroatoms. The second kappa shape index (κ2) is 4.18. The first kappa shape index (κ1) is 12.0. The van der Waals surface area contributed by atoms with E-state index in [2.05, 4.69) is 4.98 Å². The van der Waals surface area contributed by atoms with Crippen molar-refractivity contribution in [3.05, 3.63) is 29.6 Å². The molecule has 0 aliphatic carbocycles. The van der Waals surface area contributed by atoms with Crippen LogP contribution < -0.4 is 0 Å². The molecule has 1 aromatic heterocycles. The van der Waals surface area contributed by atoms with Crippen LogP contribution in [-0.4, -0.2) is 16.2 Å².